The number of anilines is 2. The highest BCUT2D eigenvalue weighted by Gasteiger charge is 2.21. The maximum Gasteiger partial charge on any atom is 0.262 e. The number of aryl methyl sites for hydroxylation is 1. The van der Waals surface area contributed by atoms with E-state index in [2.05, 4.69) is 15.0 Å². The normalized spacial score (nSPS) is 11.9. The third-order valence-electron chi connectivity index (χ3n) is 4.38. The fourth-order valence-electron chi connectivity index (χ4n) is 2.60. The lowest BCUT2D eigenvalue weighted by Crippen LogP contribution is -2.18. The third kappa shape index (κ3) is 4.85. The average molecular weight is 448 g/mol. The molecular weight excluding hydrogens is 425 g/mol. The SMILES string of the molecule is Cc1ccc(S(=O)(=O)Nc2ccccc2F)cc1C(=O)Nc1nc(C(C)(C)C)cs1. The molecule has 1 heterocycles. The van der Waals surface area contributed by atoms with Crippen molar-refractivity contribution in [2.24, 2.45) is 0 Å². The summed E-state index contributed by atoms with van der Waals surface area (Å²) in [5.74, 6) is -1.16. The summed E-state index contributed by atoms with van der Waals surface area (Å²) in [5.41, 5.74) is 1.33. The van der Waals surface area contributed by atoms with E-state index in [9.17, 15) is 17.6 Å². The van der Waals surface area contributed by atoms with E-state index in [0.717, 1.165) is 11.8 Å². The van der Waals surface area contributed by atoms with Crippen LogP contribution in [0.1, 0.15) is 42.4 Å². The highest BCUT2D eigenvalue weighted by atomic mass is 32.2. The zero-order valence-corrected chi connectivity index (χ0v) is 18.6. The van der Waals surface area contributed by atoms with Crippen molar-refractivity contribution in [3.63, 3.8) is 0 Å². The van der Waals surface area contributed by atoms with Crippen LogP contribution in [0.15, 0.2) is 52.7 Å². The van der Waals surface area contributed by atoms with E-state index in [0.29, 0.717) is 10.7 Å². The van der Waals surface area contributed by atoms with Crippen molar-refractivity contribution in [3.8, 4) is 0 Å². The molecule has 0 radical (unpaired) electrons. The molecule has 30 heavy (non-hydrogen) atoms. The smallest absolute Gasteiger partial charge is 0.262 e. The van der Waals surface area contributed by atoms with Gasteiger partial charge in [-0.15, -0.1) is 11.3 Å². The average Bonchev–Trinajstić information content (AvgIpc) is 3.12. The maximum atomic E-state index is 13.8. The second-order valence-corrected chi connectivity index (χ2v) is 10.3. The Morgan fingerprint density at radius 1 is 1.13 bits per heavy atom. The van der Waals surface area contributed by atoms with E-state index in [1.807, 2.05) is 26.2 Å². The third-order valence-corrected chi connectivity index (χ3v) is 6.50. The van der Waals surface area contributed by atoms with E-state index in [1.165, 1.54) is 47.7 Å². The molecule has 0 aliphatic carbocycles. The number of thiazole rings is 1. The molecule has 1 aromatic heterocycles. The van der Waals surface area contributed by atoms with Crippen LogP contribution in [-0.4, -0.2) is 19.3 Å². The number of carbonyl (C=O) groups excluding carboxylic acids is 1. The largest absolute Gasteiger partial charge is 0.298 e. The van der Waals surface area contributed by atoms with Gasteiger partial charge in [-0.1, -0.05) is 39.0 Å². The molecule has 9 heteroatoms. The lowest BCUT2D eigenvalue weighted by atomic mass is 9.93. The van der Waals surface area contributed by atoms with Gasteiger partial charge in [0, 0.05) is 16.4 Å². The molecule has 0 fully saturated rings. The number of benzene rings is 2. The van der Waals surface area contributed by atoms with Crippen molar-refractivity contribution in [1.82, 2.24) is 4.98 Å². The van der Waals surface area contributed by atoms with Gasteiger partial charge < -0.3 is 0 Å². The summed E-state index contributed by atoms with van der Waals surface area (Å²) in [5, 5.41) is 5.03. The van der Waals surface area contributed by atoms with E-state index in [1.54, 1.807) is 6.92 Å². The van der Waals surface area contributed by atoms with Gasteiger partial charge in [-0.05, 0) is 36.8 Å². The minimum Gasteiger partial charge on any atom is -0.298 e. The zero-order valence-electron chi connectivity index (χ0n) is 17.0. The molecular formula is C21H22FN3O3S2. The van der Waals surface area contributed by atoms with E-state index in [-0.39, 0.29) is 21.6 Å². The molecule has 0 aliphatic rings. The first kappa shape index (κ1) is 21.9. The molecule has 3 aromatic rings. The van der Waals surface area contributed by atoms with Gasteiger partial charge in [0.05, 0.1) is 16.3 Å². The summed E-state index contributed by atoms with van der Waals surface area (Å²) in [4.78, 5) is 17.1. The Bertz CT molecular complexity index is 1200. The molecule has 2 aromatic carbocycles. The van der Waals surface area contributed by atoms with Crippen LogP contribution in [0.25, 0.3) is 0 Å². The Labute approximate surface area is 179 Å². The van der Waals surface area contributed by atoms with E-state index >= 15 is 0 Å². The Morgan fingerprint density at radius 2 is 1.83 bits per heavy atom. The lowest BCUT2D eigenvalue weighted by Gasteiger charge is -2.14. The molecule has 0 spiro atoms. The van der Waals surface area contributed by atoms with Crippen LogP contribution in [0.2, 0.25) is 0 Å². The highest BCUT2D eigenvalue weighted by molar-refractivity contribution is 7.92. The number of rotatable bonds is 5. The van der Waals surface area contributed by atoms with Crippen molar-refractivity contribution in [2.75, 3.05) is 10.0 Å². The predicted octanol–water partition coefficient (Wildman–Crippen LogP) is 4.94. The van der Waals surface area contributed by atoms with Gasteiger partial charge in [-0.3, -0.25) is 14.8 Å². The number of halogens is 1. The number of nitrogens with one attached hydrogen (secondary N) is 2. The van der Waals surface area contributed by atoms with Gasteiger partial charge in [-0.2, -0.15) is 0 Å². The highest BCUT2D eigenvalue weighted by Crippen LogP contribution is 2.27. The summed E-state index contributed by atoms with van der Waals surface area (Å²) >= 11 is 1.30. The minimum absolute atomic E-state index is 0.143. The van der Waals surface area contributed by atoms with Crippen molar-refractivity contribution in [2.45, 2.75) is 38.0 Å². The molecule has 0 atom stereocenters. The quantitative estimate of drug-likeness (QED) is 0.580. The number of para-hydroxylation sites is 1. The Hall–Kier alpha value is -2.78. The lowest BCUT2D eigenvalue weighted by molar-refractivity contribution is 0.102. The second kappa shape index (κ2) is 8.16. The second-order valence-electron chi connectivity index (χ2n) is 7.80. The van der Waals surface area contributed by atoms with E-state index in [4.69, 9.17) is 0 Å². The van der Waals surface area contributed by atoms with Crippen molar-refractivity contribution in [1.29, 1.82) is 0 Å². The summed E-state index contributed by atoms with van der Waals surface area (Å²) in [7, 11) is -4.08. The van der Waals surface area contributed by atoms with Crippen LogP contribution in [0.3, 0.4) is 0 Å². The zero-order chi connectivity index (χ0) is 22.1. The molecule has 2 N–H and O–H groups in total. The van der Waals surface area contributed by atoms with Gasteiger partial charge in [-0.25, -0.2) is 17.8 Å². The van der Waals surface area contributed by atoms with Crippen molar-refractivity contribution >= 4 is 38.1 Å². The summed E-state index contributed by atoms with van der Waals surface area (Å²) in [6.45, 7) is 7.77. The molecule has 0 aliphatic heterocycles. The number of carbonyl (C=O) groups is 1. The predicted molar refractivity (Wildman–Crippen MR) is 117 cm³/mol. The summed E-state index contributed by atoms with van der Waals surface area (Å²) < 4.78 is 41.4. The van der Waals surface area contributed by atoms with Gasteiger partial charge in [0.25, 0.3) is 15.9 Å². The fourth-order valence-corrected chi connectivity index (χ4v) is 4.63. The molecule has 0 saturated carbocycles. The van der Waals surface area contributed by atoms with Crippen LogP contribution in [0.4, 0.5) is 15.2 Å². The number of aromatic nitrogens is 1. The fraction of sp³-hybridized carbons (Fsp3) is 0.238. The standard InChI is InChI=1S/C21H22FN3O3S2/c1-13-9-10-14(30(27,28)25-17-8-6-5-7-16(17)22)11-15(13)19(26)24-20-23-18(12-29-20)21(2,3)4/h5-12,25H,1-4H3,(H,23,24,26). The van der Waals surface area contributed by atoms with Crippen molar-refractivity contribution in [3.05, 3.63) is 70.5 Å². The van der Waals surface area contributed by atoms with Gasteiger partial charge in [0.1, 0.15) is 5.82 Å². The minimum atomic E-state index is -4.08. The number of nitrogens with zero attached hydrogens (tertiary/aromatic N) is 1. The molecule has 158 valence electrons. The first-order chi connectivity index (χ1) is 14.0. The molecule has 0 bridgehead atoms. The van der Waals surface area contributed by atoms with Crippen LogP contribution >= 0.6 is 11.3 Å². The van der Waals surface area contributed by atoms with Crippen LogP contribution < -0.4 is 10.0 Å². The van der Waals surface area contributed by atoms with Gasteiger partial charge in [0.2, 0.25) is 0 Å². The maximum absolute atomic E-state index is 13.8. The van der Waals surface area contributed by atoms with Crippen LogP contribution in [0.5, 0.6) is 0 Å². The van der Waals surface area contributed by atoms with Crippen LogP contribution in [-0.2, 0) is 15.4 Å². The van der Waals surface area contributed by atoms with E-state index < -0.39 is 21.7 Å². The first-order valence-electron chi connectivity index (χ1n) is 9.13. The monoisotopic (exact) mass is 447 g/mol. The Balaban J connectivity index is 1.86. The van der Waals surface area contributed by atoms with Gasteiger partial charge in [0.15, 0.2) is 5.13 Å². The van der Waals surface area contributed by atoms with Crippen molar-refractivity contribution < 1.29 is 17.6 Å². The molecule has 6 nitrogen and oxygen atoms in total. The van der Waals surface area contributed by atoms with Gasteiger partial charge >= 0.3 is 0 Å². The van der Waals surface area contributed by atoms with Crippen LogP contribution in [0, 0.1) is 12.7 Å². The number of amides is 1. The number of hydrogen-bond acceptors (Lipinski definition) is 5. The molecule has 0 saturated heterocycles. The Kier molecular flexibility index (Phi) is 5.96. The summed E-state index contributed by atoms with van der Waals surface area (Å²) in [6.07, 6.45) is 0. The first-order valence-corrected chi connectivity index (χ1v) is 11.5. The number of hydrogen-bond donors (Lipinski definition) is 2. The number of sulfonamides is 1. The summed E-state index contributed by atoms with van der Waals surface area (Å²) in [6, 6.07) is 9.64. The molecule has 0 unspecified atom stereocenters. The Morgan fingerprint density at radius 3 is 2.47 bits per heavy atom. The molecule has 3 rings (SSSR count). The molecule has 1 amide bonds. The topological polar surface area (TPSA) is 88.2 Å².